The Bertz CT molecular complexity index is 569. The van der Waals surface area contributed by atoms with E-state index in [-0.39, 0.29) is 24.2 Å². The van der Waals surface area contributed by atoms with Gasteiger partial charge in [0, 0.05) is 18.0 Å². The molecule has 1 aromatic rings. The van der Waals surface area contributed by atoms with E-state index in [0.717, 1.165) is 11.0 Å². The van der Waals surface area contributed by atoms with Crippen LogP contribution in [0, 0.1) is 5.92 Å². The second-order valence-electron chi connectivity index (χ2n) is 4.84. The summed E-state index contributed by atoms with van der Waals surface area (Å²) in [5, 5.41) is 0. The minimum absolute atomic E-state index is 0.0199. The van der Waals surface area contributed by atoms with Crippen molar-refractivity contribution in [1.82, 2.24) is 4.90 Å². The Hall–Kier alpha value is -2.05. The first-order valence-electron chi connectivity index (χ1n) is 6.00. The highest BCUT2D eigenvalue weighted by molar-refractivity contribution is 6.03. The summed E-state index contributed by atoms with van der Waals surface area (Å²) < 4.78 is 38.8. The lowest BCUT2D eigenvalue weighted by Crippen LogP contribution is -2.30. The molecule has 1 fully saturated rings. The molecule has 0 saturated carbocycles. The normalized spacial score (nSPS) is 19.8. The summed E-state index contributed by atoms with van der Waals surface area (Å²) >= 11 is 0. The maximum atomic E-state index is 12.9. The molecule has 1 unspecified atom stereocenters. The molecule has 1 aliphatic rings. The highest BCUT2D eigenvalue weighted by Gasteiger charge is 2.38. The zero-order chi connectivity index (χ0) is 15.1. The number of likely N-dealkylation sites (tertiary alicyclic amines) is 1. The number of benzene rings is 1. The smallest absolute Gasteiger partial charge is 0.399 e. The summed E-state index contributed by atoms with van der Waals surface area (Å²) in [5.74, 6) is -1.38. The maximum Gasteiger partial charge on any atom is 0.416 e. The van der Waals surface area contributed by atoms with Crippen LogP contribution in [0.15, 0.2) is 18.2 Å². The van der Waals surface area contributed by atoms with E-state index in [1.54, 1.807) is 6.92 Å². The Morgan fingerprint density at radius 1 is 1.35 bits per heavy atom. The first kappa shape index (κ1) is 14.4. The van der Waals surface area contributed by atoms with Gasteiger partial charge >= 0.3 is 6.18 Å². The number of carbonyl (C=O) groups is 2. The zero-order valence-corrected chi connectivity index (χ0v) is 10.7. The lowest BCUT2D eigenvalue weighted by atomic mass is 10.1. The van der Waals surface area contributed by atoms with Crippen LogP contribution in [0.2, 0.25) is 0 Å². The van der Waals surface area contributed by atoms with Crippen LogP contribution >= 0.6 is 0 Å². The third-order valence-corrected chi connectivity index (χ3v) is 3.24. The molecule has 20 heavy (non-hydrogen) atoms. The number of imide groups is 1. The number of nitrogens with two attached hydrogens (primary N) is 1. The topological polar surface area (TPSA) is 63.4 Å². The van der Waals surface area contributed by atoms with Gasteiger partial charge in [-0.1, -0.05) is 13.0 Å². The molecule has 0 spiro atoms. The van der Waals surface area contributed by atoms with Crippen LogP contribution in [-0.2, 0) is 22.3 Å². The van der Waals surface area contributed by atoms with Gasteiger partial charge in [0.2, 0.25) is 11.8 Å². The van der Waals surface area contributed by atoms with Crippen LogP contribution in [0.1, 0.15) is 24.5 Å². The molecule has 108 valence electrons. The number of nitrogens with zero attached hydrogens (tertiary/aromatic N) is 1. The number of carbonyl (C=O) groups excluding carboxylic acids is 2. The lowest BCUT2D eigenvalue weighted by Gasteiger charge is -2.18. The van der Waals surface area contributed by atoms with E-state index in [1.807, 2.05) is 0 Å². The summed E-state index contributed by atoms with van der Waals surface area (Å²) in [6.07, 6.45) is -4.54. The van der Waals surface area contributed by atoms with Gasteiger partial charge in [-0.3, -0.25) is 14.5 Å². The van der Waals surface area contributed by atoms with Crippen molar-refractivity contribution in [3.63, 3.8) is 0 Å². The minimum atomic E-state index is -4.58. The number of alkyl halides is 3. The van der Waals surface area contributed by atoms with Crippen LogP contribution in [0.4, 0.5) is 18.9 Å². The minimum Gasteiger partial charge on any atom is -0.399 e. The second-order valence-corrected chi connectivity index (χ2v) is 4.84. The molecule has 2 amide bonds. The van der Waals surface area contributed by atoms with E-state index in [9.17, 15) is 22.8 Å². The maximum absolute atomic E-state index is 12.9. The van der Waals surface area contributed by atoms with Gasteiger partial charge in [-0.15, -0.1) is 0 Å². The molecule has 7 heteroatoms. The third kappa shape index (κ3) is 2.61. The van der Waals surface area contributed by atoms with Crippen molar-refractivity contribution in [2.45, 2.75) is 26.1 Å². The van der Waals surface area contributed by atoms with E-state index < -0.39 is 29.5 Å². The van der Waals surface area contributed by atoms with Crippen LogP contribution in [0.25, 0.3) is 0 Å². The molecule has 0 bridgehead atoms. The number of nitrogen functional groups attached to an aromatic ring is 1. The van der Waals surface area contributed by atoms with Crippen molar-refractivity contribution in [2.75, 3.05) is 5.73 Å². The Balaban J connectivity index is 2.35. The molecule has 2 N–H and O–H groups in total. The number of hydrogen-bond donors (Lipinski definition) is 1. The highest BCUT2D eigenvalue weighted by atomic mass is 19.4. The van der Waals surface area contributed by atoms with Crippen molar-refractivity contribution in [2.24, 2.45) is 5.92 Å². The van der Waals surface area contributed by atoms with E-state index in [0.29, 0.717) is 0 Å². The zero-order valence-electron chi connectivity index (χ0n) is 10.7. The van der Waals surface area contributed by atoms with Crippen molar-refractivity contribution in [1.29, 1.82) is 0 Å². The van der Waals surface area contributed by atoms with Gasteiger partial charge < -0.3 is 5.73 Å². The van der Waals surface area contributed by atoms with Crippen LogP contribution < -0.4 is 5.73 Å². The average molecular weight is 286 g/mol. The van der Waals surface area contributed by atoms with Gasteiger partial charge in [-0.25, -0.2) is 0 Å². The van der Waals surface area contributed by atoms with Gasteiger partial charge in [-0.2, -0.15) is 13.2 Å². The number of halogens is 3. The fourth-order valence-corrected chi connectivity index (χ4v) is 2.18. The molecule has 0 radical (unpaired) electrons. The molecule has 1 aliphatic heterocycles. The molecule has 0 aromatic heterocycles. The van der Waals surface area contributed by atoms with Crippen LogP contribution in [0.5, 0.6) is 0 Å². The van der Waals surface area contributed by atoms with Crippen molar-refractivity contribution in [3.8, 4) is 0 Å². The van der Waals surface area contributed by atoms with Gasteiger partial charge in [0.15, 0.2) is 0 Å². The van der Waals surface area contributed by atoms with Gasteiger partial charge in [0.25, 0.3) is 0 Å². The Labute approximate surface area is 113 Å². The number of amides is 2. The largest absolute Gasteiger partial charge is 0.416 e. The SMILES string of the molecule is CC1CC(=O)N(Cc2ccc(N)cc2C(F)(F)F)C1=O. The van der Waals surface area contributed by atoms with Crippen molar-refractivity contribution in [3.05, 3.63) is 29.3 Å². The quantitative estimate of drug-likeness (QED) is 0.669. The predicted molar refractivity (Wildman–Crippen MR) is 65.2 cm³/mol. The Morgan fingerprint density at radius 3 is 2.50 bits per heavy atom. The summed E-state index contributed by atoms with van der Waals surface area (Å²) in [6.45, 7) is 1.20. The Kier molecular flexibility index (Phi) is 3.45. The molecule has 1 aromatic carbocycles. The standard InChI is InChI=1S/C13H13F3N2O2/c1-7-4-11(19)18(12(7)20)6-8-2-3-9(17)5-10(8)13(14,15)16/h2-3,5,7H,4,6,17H2,1H3. The summed E-state index contributed by atoms with van der Waals surface area (Å²) in [6, 6.07) is 3.32. The lowest BCUT2D eigenvalue weighted by molar-refractivity contribution is -0.143. The van der Waals surface area contributed by atoms with Gasteiger partial charge in [-0.05, 0) is 17.7 Å². The van der Waals surface area contributed by atoms with Crippen LogP contribution in [-0.4, -0.2) is 16.7 Å². The fraction of sp³-hybridized carbons (Fsp3) is 0.385. The number of hydrogen-bond acceptors (Lipinski definition) is 3. The second kappa shape index (κ2) is 4.81. The summed E-state index contributed by atoms with van der Waals surface area (Å²) in [7, 11) is 0. The molecular formula is C13H13F3N2O2. The predicted octanol–water partition coefficient (Wildman–Crippen LogP) is 2.18. The molecule has 2 rings (SSSR count). The number of rotatable bonds is 2. The molecule has 1 heterocycles. The van der Waals surface area contributed by atoms with E-state index in [2.05, 4.69) is 0 Å². The first-order valence-corrected chi connectivity index (χ1v) is 6.00. The van der Waals surface area contributed by atoms with Crippen molar-refractivity contribution < 1.29 is 22.8 Å². The number of anilines is 1. The third-order valence-electron chi connectivity index (χ3n) is 3.24. The van der Waals surface area contributed by atoms with Crippen LogP contribution in [0.3, 0.4) is 0 Å². The summed E-state index contributed by atoms with van der Waals surface area (Å²) in [4.78, 5) is 24.2. The highest BCUT2D eigenvalue weighted by Crippen LogP contribution is 2.34. The average Bonchev–Trinajstić information content (AvgIpc) is 2.56. The van der Waals surface area contributed by atoms with Gasteiger partial charge in [0.05, 0.1) is 12.1 Å². The van der Waals surface area contributed by atoms with Gasteiger partial charge in [0.1, 0.15) is 0 Å². The van der Waals surface area contributed by atoms with E-state index >= 15 is 0 Å². The molecule has 4 nitrogen and oxygen atoms in total. The van der Waals surface area contributed by atoms with E-state index in [1.165, 1.54) is 12.1 Å². The van der Waals surface area contributed by atoms with Crippen molar-refractivity contribution >= 4 is 17.5 Å². The first-order chi connectivity index (χ1) is 9.20. The monoisotopic (exact) mass is 286 g/mol. The fourth-order valence-electron chi connectivity index (χ4n) is 2.18. The molecular weight excluding hydrogens is 273 g/mol. The summed E-state index contributed by atoms with van der Waals surface area (Å²) in [5.41, 5.74) is 4.29. The Morgan fingerprint density at radius 2 is 2.00 bits per heavy atom. The molecule has 0 aliphatic carbocycles. The molecule has 1 saturated heterocycles. The van der Waals surface area contributed by atoms with E-state index in [4.69, 9.17) is 5.73 Å². The molecule has 1 atom stereocenters.